The van der Waals surface area contributed by atoms with Crippen LogP contribution < -0.4 is 10.6 Å². The Hall–Kier alpha value is -0.610. The molecule has 0 spiro atoms. The number of carbonyl (C=O) groups is 1. The Kier molecular flexibility index (Phi) is 7.28. The van der Waals surface area contributed by atoms with E-state index in [0.717, 1.165) is 25.7 Å². The highest BCUT2D eigenvalue weighted by molar-refractivity contribution is 5.77. The highest BCUT2D eigenvalue weighted by Crippen LogP contribution is 2.20. The second-order valence-electron chi connectivity index (χ2n) is 5.11. The molecule has 2 atom stereocenters. The number of amides is 1. The minimum Gasteiger partial charge on any atom is -0.367 e. The summed E-state index contributed by atoms with van der Waals surface area (Å²) in [4.78, 5) is 11.8. The lowest BCUT2D eigenvalue weighted by atomic mass is 9.92. The molecule has 1 aliphatic rings. The Morgan fingerprint density at radius 2 is 1.94 bits per heavy atom. The third-order valence-corrected chi connectivity index (χ3v) is 3.85. The van der Waals surface area contributed by atoms with E-state index in [9.17, 15) is 4.79 Å². The molecule has 2 N–H and O–H groups in total. The van der Waals surface area contributed by atoms with Gasteiger partial charge in [-0.05, 0) is 32.7 Å². The standard InChI is InChI=1S/C14H28N2O2/c1-4-11(5-2)16-14(17)10-18-13-9-7-6-8-12(13)15-3/h11-13,15H,4-10H2,1-3H3,(H,16,17). The number of ether oxygens (including phenoxy) is 1. The molecule has 0 aliphatic heterocycles. The van der Waals surface area contributed by atoms with Crippen LogP contribution in [-0.4, -0.2) is 37.7 Å². The summed E-state index contributed by atoms with van der Waals surface area (Å²) >= 11 is 0. The lowest BCUT2D eigenvalue weighted by Crippen LogP contribution is -2.44. The number of likely N-dealkylation sites (N-methyl/N-ethyl adjacent to an activating group) is 1. The van der Waals surface area contributed by atoms with Gasteiger partial charge in [0.25, 0.3) is 0 Å². The Morgan fingerprint density at radius 3 is 2.56 bits per heavy atom. The molecule has 0 aromatic heterocycles. The summed E-state index contributed by atoms with van der Waals surface area (Å²) in [5, 5.41) is 6.29. The van der Waals surface area contributed by atoms with Crippen LogP contribution in [0.2, 0.25) is 0 Å². The van der Waals surface area contributed by atoms with Crippen molar-refractivity contribution >= 4 is 5.91 Å². The fraction of sp³-hybridized carbons (Fsp3) is 0.929. The Bertz CT molecular complexity index is 242. The quantitative estimate of drug-likeness (QED) is 0.731. The molecule has 0 bridgehead atoms. The number of rotatable bonds is 7. The van der Waals surface area contributed by atoms with Crippen molar-refractivity contribution in [1.29, 1.82) is 0 Å². The van der Waals surface area contributed by atoms with Gasteiger partial charge in [0.05, 0.1) is 6.10 Å². The second kappa shape index (κ2) is 8.48. The van der Waals surface area contributed by atoms with Gasteiger partial charge in [-0.2, -0.15) is 0 Å². The number of nitrogens with one attached hydrogen (secondary N) is 2. The van der Waals surface area contributed by atoms with Crippen LogP contribution in [0.1, 0.15) is 52.4 Å². The van der Waals surface area contributed by atoms with E-state index in [-0.39, 0.29) is 24.7 Å². The third-order valence-electron chi connectivity index (χ3n) is 3.85. The van der Waals surface area contributed by atoms with E-state index in [1.165, 1.54) is 12.8 Å². The van der Waals surface area contributed by atoms with E-state index in [4.69, 9.17) is 4.74 Å². The van der Waals surface area contributed by atoms with E-state index in [2.05, 4.69) is 24.5 Å². The summed E-state index contributed by atoms with van der Waals surface area (Å²) in [5.41, 5.74) is 0. The largest absolute Gasteiger partial charge is 0.367 e. The van der Waals surface area contributed by atoms with Gasteiger partial charge in [-0.1, -0.05) is 26.7 Å². The van der Waals surface area contributed by atoms with Crippen LogP contribution in [0.4, 0.5) is 0 Å². The van der Waals surface area contributed by atoms with E-state index >= 15 is 0 Å². The van der Waals surface area contributed by atoms with Gasteiger partial charge in [0.1, 0.15) is 6.61 Å². The van der Waals surface area contributed by atoms with Gasteiger partial charge in [-0.3, -0.25) is 4.79 Å². The minimum absolute atomic E-state index is 0.0177. The summed E-state index contributed by atoms with van der Waals surface area (Å²) in [6, 6.07) is 0.687. The van der Waals surface area contributed by atoms with Crippen LogP contribution in [0, 0.1) is 0 Å². The van der Waals surface area contributed by atoms with Crippen LogP contribution in [0.3, 0.4) is 0 Å². The van der Waals surface area contributed by atoms with Gasteiger partial charge in [-0.25, -0.2) is 0 Å². The van der Waals surface area contributed by atoms with Crippen molar-refractivity contribution in [2.24, 2.45) is 0 Å². The average molecular weight is 256 g/mol. The molecule has 0 saturated heterocycles. The zero-order valence-electron chi connectivity index (χ0n) is 12.0. The third kappa shape index (κ3) is 4.94. The first-order valence-electron chi connectivity index (χ1n) is 7.29. The average Bonchev–Trinajstić information content (AvgIpc) is 2.42. The van der Waals surface area contributed by atoms with E-state index in [1.807, 2.05) is 7.05 Å². The van der Waals surface area contributed by atoms with Gasteiger partial charge in [0.2, 0.25) is 5.91 Å². The molecular formula is C14H28N2O2. The molecule has 106 valence electrons. The number of carbonyl (C=O) groups excluding carboxylic acids is 1. The molecule has 1 aliphatic carbocycles. The molecule has 1 fully saturated rings. The highest BCUT2D eigenvalue weighted by Gasteiger charge is 2.25. The Morgan fingerprint density at radius 1 is 1.28 bits per heavy atom. The molecule has 4 heteroatoms. The molecule has 4 nitrogen and oxygen atoms in total. The first kappa shape index (κ1) is 15.4. The van der Waals surface area contributed by atoms with E-state index in [1.54, 1.807) is 0 Å². The van der Waals surface area contributed by atoms with Gasteiger partial charge in [0, 0.05) is 12.1 Å². The molecule has 0 aromatic carbocycles. The summed E-state index contributed by atoms with van der Waals surface area (Å²) < 4.78 is 5.76. The molecule has 1 rings (SSSR count). The predicted octanol–water partition coefficient (Wildman–Crippen LogP) is 1.84. The maximum absolute atomic E-state index is 11.8. The highest BCUT2D eigenvalue weighted by atomic mass is 16.5. The van der Waals surface area contributed by atoms with Crippen molar-refractivity contribution in [2.75, 3.05) is 13.7 Å². The molecule has 0 radical (unpaired) electrons. The lowest BCUT2D eigenvalue weighted by Gasteiger charge is -2.31. The van der Waals surface area contributed by atoms with Crippen LogP contribution in [0.15, 0.2) is 0 Å². The maximum Gasteiger partial charge on any atom is 0.246 e. The SMILES string of the molecule is CCC(CC)NC(=O)COC1CCCCC1NC. The van der Waals surface area contributed by atoms with Crippen molar-refractivity contribution in [3.63, 3.8) is 0 Å². The molecule has 1 amide bonds. The van der Waals surface area contributed by atoms with E-state index in [0.29, 0.717) is 6.04 Å². The van der Waals surface area contributed by atoms with Gasteiger partial charge >= 0.3 is 0 Å². The lowest BCUT2D eigenvalue weighted by molar-refractivity contribution is -0.129. The van der Waals surface area contributed by atoms with Crippen molar-refractivity contribution in [2.45, 2.75) is 70.6 Å². The molecule has 1 saturated carbocycles. The normalized spacial score (nSPS) is 24.2. The van der Waals surface area contributed by atoms with Crippen LogP contribution >= 0.6 is 0 Å². The smallest absolute Gasteiger partial charge is 0.246 e. The Labute approximate surface area is 111 Å². The van der Waals surface area contributed by atoms with Crippen molar-refractivity contribution in [1.82, 2.24) is 10.6 Å². The van der Waals surface area contributed by atoms with Crippen molar-refractivity contribution in [3.05, 3.63) is 0 Å². The van der Waals surface area contributed by atoms with Crippen LogP contribution in [0.25, 0.3) is 0 Å². The Balaban J connectivity index is 2.28. The van der Waals surface area contributed by atoms with Crippen molar-refractivity contribution < 1.29 is 9.53 Å². The summed E-state index contributed by atoms with van der Waals surface area (Å²) in [7, 11) is 1.97. The molecule has 0 heterocycles. The first-order chi connectivity index (χ1) is 8.71. The maximum atomic E-state index is 11.8. The molecule has 0 aromatic rings. The fourth-order valence-corrected chi connectivity index (χ4v) is 2.57. The fourth-order valence-electron chi connectivity index (χ4n) is 2.57. The molecule has 2 unspecified atom stereocenters. The van der Waals surface area contributed by atoms with Crippen molar-refractivity contribution in [3.8, 4) is 0 Å². The molecule has 18 heavy (non-hydrogen) atoms. The minimum atomic E-state index is 0.0177. The number of hydrogen-bond donors (Lipinski definition) is 2. The first-order valence-corrected chi connectivity index (χ1v) is 7.29. The van der Waals surface area contributed by atoms with Gasteiger partial charge in [-0.15, -0.1) is 0 Å². The van der Waals surface area contributed by atoms with Gasteiger partial charge < -0.3 is 15.4 Å². The van der Waals surface area contributed by atoms with Crippen LogP contribution in [-0.2, 0) is 9.53 Å². The summed E-state index contributed by atoms with van der Waals surface area (Å²) in [6.45, 7) is 4.38. The molecular weight excluding hydrogens is 228 g/mol. The van der Waals surface area contributed by atoms with Gasteiger partial charge in [0.15, 0.2) is 0 Å². The van der Waals surface area contributed by atoms with Crippen LogP contribution in [0.5, 0.6) is 0 Å². The number of hydrogen-bond acceptors (Lipinski definition) is 3. The zero-order valence-corrected chi connectivity index (χ0v) is 12.0. The zero-order chi connectivity index (χ0) is 13.4. The predicted molar refractivity (Wildman–Crippen MR) is 73.6 cm³/mol. The monoisotopic (exact) mass is 256 g/mol. The summed E-state index contributed by atoms with van der Waals surface area (Å²) in [5.74, 6) is 0.0177. The second-order valence-corrected chi connectivity index (χ2v) is 5.11. The van der Waals surface area contributed by atoms with E-state index < -0.39 is 0 Å². The summed E-state index contributed by atoms with van der Waals surface area (Å²) in [6.07, 6.45) is 6.81. The topological polar surface area (TPSA) is 50.4 Å².